The van der Waals surface area contributed by atoms with Crippen molar-refractivity contribution >= 4 is 10.0 Å². The van der Waals surface area contributed by atoms with Crippen LogP contribution in [0.3, 0.4) is 0 Å². The molecule has 0 spiro atoms. The molecule has 5 heteroatoms. The molecule has 1 aromatic carbocycles. The van der Waals surface area contributed by atoms with E-state index in [2.05, 4.69) is 19.2 Å². The fourth-order valence-corrected chi connectivity index (χ4v) is 3.74. The van der Waals surface area contributed by atoms with E-state index >= 15 is 0 Å². The summed E-state index contributed by atoms with van der Waals surface area (Å²) in [6.07, 6.45) is 3.08. The van der Waals surface area contributed by atoms with E-state index in [1.807, 2.05) is 12.1 Å². The van der Waals surface area contributed by atoms with Crippen molar-refractivity contribution in [3.63, 3.8) is 0 Å². The molecule has 0 radical (unpaired) electrons. The van der Waals surface area contributed by atoms with Gasteiger partial charge in [0.15, 0.2) is 0 Å². The van der Waals surface area contributed by atoms with Crippen molar-refractivity contribution in [2.45, 2.75) is 56.6 Å². The van der Waals surface area contributed by atoms with Crippen LogP contribution in [0.25, 0.3) is 0 Å². The minimum absolute atomic E-state index is 0.178. The molecule has 112 valence electrons. The number of hydrogen-bond donors (Lipinski definition) is 1. The maximum absolute atomic E-state index is 12.6. The predicted octanol–water partition coefficient (Wildman–Crippen LogP) is 2.36. The van der Waals surface area contributed by atoms with Gasteiger partial charge in [-0.25, -0.2) is 8.42 Å². The topological polar surface area (TPSA) is 49.4 Å². The first kappa shape index (κ1) is 15.5. The van der Waals surface area contributed by atoms with Crippen LogP contribution in [-0.4, -0.2) is 31.9 Å². The molecule has 0 bridgehead atoms. The Hall–Kier alpha value is -0.910. The quantitative estimate of drug-likeness (QED) is 0.876. The molecule has 0 aromatic heterocycles. The van der Waals surface area contributed by atoms with Crippen LogP contribution in [-0.2, 0) is 16.6 Å². The van der Waals surface area contributed by atoms with Crippen molar-refractivity contribution in [2.24, 2.45) is 0 Å². The molecule has 0 aliphatic heterocycles. The molecule has 1 aliphatic rings. The van der Waals surface area contributed by atoms with Crippen LogP contribution in [0.1, 0.15) is 38.7 Å². The summed E-state index contributed by atoms with van der Waals surface area (Å²) in [6.45, 7) is 4.84. The number of hydrogen-bond acceptors (Lipinski definition) is 3. The molecule has 2 rings (SSSR count). The summed E-state index contributed by atoms with van der Waals surface area (Å²) in [5.74, 6) is 0. The molecular formula is C15H24N2O2S. The minimum Gasteiger partial charge on any atom is -0.310 e. The summed E-state index contributed by atoms with van der Waals surface area (Å²) >= 11 is 0. The van der Waals surface area contributed by atoms with Gasteiger partial charge in [0.05, 0.1) is 4.90 Å². The fourth-order valence-electron chi connectivity index (χ4n) is 2.25. The van der Waals surface area contributed by atoms with Crippen LogP contribution in [0.5, 0.6) is 0 Å². The molecule has 0 unspecified atom stereocenters. The first-order chi connectivity index (χ1) is 9.41. The van der Waals surface area contributed by atoms with Crippen LogP contribution in [0.2, 0.25) is 0 Å². The van der Waals surface area contributed by atoms with Gasteiger partial charge in [-0.2, -0.15) is 4.31 Å². The highest BCUT2D eigenvalue weighted by Crippen LogP contribution is 2.28. The highest BCUT2D eigenvalue weighted by molar-refractivity contribution is 7.89. The van der Waals surface area contributed by atoms with Crippen molar-refractivity contribution in [1.29, 1.82) is 0 Å². The van der Waals surface area contributed by atoms with Gasteiger partial charge in [-0.1, -0.05) is 32.4 Å². The molecule has 1 fully saturated rings. The zero-order chi connectivity index (χ0) is 14.8. The lowest BCUT2D eigenvalue weighted by molar-refractivity contribution is 0.249. The molecule has 0 heterocycles. The van der Waals surface area contributed by atoms with Crippen molar-refractivity contribution in [3.8, 4) is 0 Å². The maximum atomic E-state index is 12.6. The highest BCUT2D eigenvalue weighted by Gasteiger charge is 2.31. The minimum atomic E-state index is -3.35. The van der Waals surface area contributed by atoms with Crippen LogP contribution >= 0.6 is 0 Å². The van der Waals surface area contributed by atoms with Crippen LogP contribution < -0.4 is 5.32 Å². The van der Waals surface area contributed by atoms with E-state index in [1.54, 1.807) is 19.2 Å². The van der Waals surface area contributed by atoms with E-state index in [0.717, 1.165) is 24.8 Å². The van der Waals surface area contributed by atoms with Gasteiger partial charge in [0.25, 0.3) is 0 Å². The number of benzene rings is 1. The van der Waals surface area contributed by atoms with Gasteiger partial charge in [0.1, 0.15) is 0 Å². The Labute approximate surface area is 122 Å². The Morgan fingerprint density at radius 3 is 2.60 bits per heavy atom. The second kappa shape index (κ2) is 6.24. The van der Waals surface area contributed by atoms with E-state index in [1.165, 1.54) is 4.31 Å². The van der Waals surface area contributed by atoms with Crippen LogP contribution in [0, 0.1) is 0 Å². The summed E-state index contributed by atoms with van der Waals surface area (Å²) in [5.41, 5.74) is 1.00. The number of rotatable bonds is 6. The van der Waals surface area contributed by atoms with E-state index in [-0.39, 0.29) is 6.04 Å². The summed E-state index contributed by atoms with van der Waals surface area (Å²) in [5, 5.41) is 3.31. The van der Waals surface area contributed by atoms with E-state index in [0.29, 0.717) is 17.5 Å². The standard InChI is InChI=1S/C15H24N2O2S/c1-12(2)16-11-13-6-4-9-15(10-13)20(18,19)17(3)14-7-5-8-14/h4,6,9-10,12,14,16H,5,7-8,11H2,1-3H3. The number of sulfonamides is 1. The van der Waals surface area contributed by atoms with Crippen molar-refractivity contribution < 1.29 is 8.42 Å². The lowest BCUT2D eigenvalue weighted by Gasteiger charge is -2.33. The zero-order valence-electron chi connectivity index (χ0n) is 12.5. The molecule has 1 aromatic rings. The van der Waals surface area contributed by atoms with Gasteiger partial charge >= 0.3 is 0 Å². The largest absolute Gasteiger partial charge is 0.310 e. The molecule has 1 saturated carbocycles. The maximum Gasteiger partial charge on any atom is 0.243 e. The molecule has 4 nitrogen and oxygen atoms in total. The number of nitrogens with one attached hydrogen (secondary N) is 1. The third kappa shape index (κ3) is 3.40. The summed E-state index contributed by atoms with van der Waals surface area (Å²) in [6, 6.07) is 7.80. The molecule has 20 heavy (non-hydrogen) atoms. The van der Waals surface area contributed by atoms with Crippen molar-refractivity contribution in [1.82, 2.24) is 9.62 Å². The molecule has 0 atom stereocenters. The van der Waals surface area contributed by atoms with Crippen molar-refractivity contribution in [3.05, 3.63) is 29.8 Å². The Kier molecular flexibility index (Phi) is 4.83. The van der Waals surface area contributed by atoms with Crippen LogP contribution in [0.15, 0.2) is 29.2 Å². The molecule has 0 amide bonds. The van der Waals surface area contributed by atoms with E-state index in [4.69, 9.17) is 0 Å². The normalized spacial score (nSPS) is 16.6. The fraction of sp³-hybridized carbons (Fsp3) is 0.600. The van der Waals surface area contributed by atoms with E-state index in [9.17, 15) is 8.42 Å². The third-order valence-electron chi connectivity index (χ3n) is 3.88. The first-order valence-corrected chi connectivity index (χ1v) is 8.65. The lowest BCUT2D eigenvalue weighted by atomic mass is 9.94. The second-order valence-electron chi connectivity index (χ2n) is 5.79. The second-order valence-corrected chi connectivity index (χ2v) is 7.79. The first-order valence-electron chi connectivity index (χ1n) is 7.21. The SMILES string of the molecule is CC(C)NCc1cccc(S(=O)(=O)N(C)C2CCC2)c1. The lowest BCUT2D eigenvalue weighted by Crippen LogP contribution is -2.41. The average Bonchev–Trinajstić information content (AvgIpc) is 2.34. The molecule has 0 saturated heterocycles. The smallest absolute Gasteiger partial charge is 0.243 e. The van der Waals surface area contributed by atoms with Gasteiger partial charge < -0.3 is 5.32 Å². The van der Waals surface area contributed by atoms with E-state index < -0.39 is 10.0 Å². The summed E-state index contributed by atoms with van der Waals surface area (Å²) < 4.78 is 26.7. The van der Waals surface area contributed by atoms with Gasteiger partial charge in [-0.3, -0.25) is 0 Å². The Bertz CT molecular complexity index is 551. The van der Waals surface area contributed by atoms with Gasteiger partial charge in [-0.05, 0) is 30.5 Å². The Balaban J connectivity index is 2.16. The monoisotopic (exact) mass is 296 g/mol. The summed E-state index contributed by atoms with van der Waals surface area (Å²) in [4.78, 5) is 0.398. The number of nitrogens with zero attached hydrogens (tertiary/aromatic N) is 1. The van der Waals surface area contributed by atoms with Crippen molar-refractivity contribution in [2.75, 3.05) is 7.05 Å². The zero-order valence-corrected chi connectivity index (χ0v) is 13.3. The average molecular weight is 296 g/mol. The van der Waals surface area contributed by atoms with Crippen LogP contribution in [0.4, 0.5) is 0 Å². The van der Waals surface area contributed by atoms with Gasteiger partial charge in [0, 0.05) is 25.7 Å². The Morgan fingerprint density at radius 1 is 1.35 bits per heavy atom. The Morgan fingerprint density at radius 2 is 2.05 bits per heavy atom. The van der Waals surface area contributed by atoms with Gasteiger partial charge in [-0.15, -0.1) is 0 Å². The molecule has 1 aliphatic carbocycles. The third-order valence-corrected chi connectivity index (χ3v) is 5.78. The molecule has 1 N–H and O–H groups in total. The molecular weight excluding hydrogens is 272 g/mol. The van der Waals surface area contributed by atoms with Gasteiger partial charge in [0.2, 0.25) is 10.0 Å². The summed E-state index contributed by atoms with van der Waals surface area (Å²) in [7, 11) is -1.66. The highest BCUT2D eigenvalue weighted by atomic mass is 32.2. The predicted molar refractivity (Wildman–Crippen MR) is 81.0 cm³/mol.